The lowest BCUT2D eigenvalue weighted by Crippen LogP contribution is -2.41. The van der Waals surface area contributed by atoms with Crippen LogP contribution in [0.25, 0.3) is 22.5 Å². The molecule has 0 saturated carbocycles. The third-order valence-corrected chi connectivity index (χ3v) is 15.7. The van der Waals surface area contributed by atoms with Gasteiger partial charge in [-0.25, -0.2) is 9.97 Å². The van der Waals surface area contributed by atoms with Crippen LogP contribution in [-0.2, 0) is 17.1 Å². The summed E-state index contributed by atoms with van der Waals surface area (Å²) < 4.78 is 84.2. The molecule has 5 heterocycles. The molecule has 10 rings (SSSR count). The predicted octanol–water partition coefficient (Wildman–Crippen LogP) is 12.4. The topological polar surface area (TPSA) is 178 Å². The molecule has 0 radical (unpaired) electrons. The monoisotopic (exact) mass is 1170 g/mol. The number of hydrogen-bond acceptors (Lipinski definition) is 13. The van der Waals surface area contributed by atoms with Crippen molar-refractivity contribution in [2.45, 2.75) is 50.9 Å². The summed E-state index contributed by atoms with van der Waals surface area (Å²) in [5, 5.41) is 12.0. The number of aromatic nitrogens is 2. The van der Waals surface area contributed by atoms with Gasteiger partial charge in [0, 0.05) is 109 Å². The third kappa shape index (κ3) is 15.2. The van der Waals surface area contributed by atoms with Crippen LogP contribution in [0.3, 0.4) is 0 Å². The number of hydrogen-bond donors (Lipinski definition) is 4. The summed E-state index contributed by atoms with van der Waals surface area (Å²) in [6.45, 7) is 7.79. The van der Waals surface area contributed by atoms with Crippen molar-refractivity contribution in [2.75, 3.05) is 104 Å². The number of benzene rings is 5. The van der Waals surface area contributed by atoms with Gasteiger partial charge in [0.2, 0.25) is 0 Å². The maximum atomic E-state index is 13.8. The standard InChI is InChI=1S/C37H39F3N6O4S.C22H21F3N4OS/c1-44(15-16-45-17-19-50-20-18-45)35(49)27-9-5-8-26(21-27)33(47)41-31-12-11-29(46-13-3-2-4-14-46)23-30(31)34(48)43-36-42-32(24-51-36)25-7-6-10-28(22-25)37(38,39)40;23-22(24,25)15-6-4-5-14(11-15)19-13-31-21(27-19)28-20(30)17-12-16(7-8-18(17)26)29-9-2-1-3-10-29/h5-12,21-24H,2-4,13-20H2,1H3,(H,41,47)(H,42,43,48);4-8,11-13H,1-3,9-10,26H2,(H,27,28,30). The van der Waals surface area contributed by atoms with Gasteiger partial charge < -0.3 is 30.5 Å². The van der Waals surface area contributed by atoms with Crippen molar-refractivity contribution in [1.29, 1.82) is 0 Å². The second kappa shape index (κ2) is 26.4. The molecule has 3 saturated heterocycles. The number of piperidine rings is 2. The normalized spacial score (nSPS) is 15.0. The van der Waals surface area contributed by atoms with Gasteiger partial charge in [-0.05, 0) is 117 Å². The SMILES string of the molecule is CN(CCN1CCOCC1)C(=O)c1cccc(C(=O)Nc2ccc(N3CCCCC3)cc2C(=O)Nc2nc(-c3cccc(C(F)(F)F)c3)cs2)c1.Nc1ccc(N2CCCCC2)cc1C(=O)Nc1nc(-c2cccc(C(F)(F)F)c2)cs1. The molecule has 82 heavy (non-hydrogen) atoms. The number of anilines is 6. The van der Waals surface area contributed by atoms with Crippen molar-refractivity contribution in [2.24, 2.45) is 0 Å². The Balaban J connectivity index is 0.000000223. The van der Waals surface area contributed by atoms with E-state index >= 15 is 0 Å². The highest BCUT2D eigenvalue weighted by Gasteiger charge is 2.32. The molecule has 5 aromatic carbocycles. The smallest absolute Gasteiger partial charge is 0.398 e. The highest BCUT2D eigenvalue weighted by atomic mass is 32.1. The Labute approximate surface area is 478 Å². The summed E-state index contributed by atoms with van der Waals surface area (Å²) in [4.78, 5) is 70.4. The van der Waals surface area contributed by atoms with E-state index < -0.39 is 41.2 Å². The number of nitrogens with one attached hydrogen (secondary N) is 3. The Kier molecular flexibility index (Phi) is 18.9. The Bertz CT molecular complexity index is 3390. The first-order chi connectivity index (χ1) is 39.4. The van der Waals surface area contributed by atoms with Gasteiger partial charge in [0.1, 0.15) is 0 Å². The largest absolute Gasteiger partial charge is 0.416 e. The quantitative estimate of drug-likeness (QED) is 0.0602. The molecule has 0 atom stereocenters. The van der Waals surface area contributed by atoms with E-state index in [1.807, 2.05) is 12.1 Å². The molecule has 3 aliphatic heterocycles. The van der Waals surface area contributed by atoms with Gasteiger partial charge in [0.25, 0.3) is 23.6 Å². The van der Waals surface area contributed by atoms with Crippen LogP contribution in [0.5, 0.6) is 0 Å². The lowest BCUT2D eigenvalue weighted by atomic mass is 10.1. The van der Waals surface area contributed by atoms with Crippen molar-refractivity contribution < 1.29 is 50.3 Å². The van der Waals surface area contributed by atoms with Crippen molar-refractivity contribution in [3.63, 3.8) is 0 Å². The Morgan fingerprint density at radius 1 is 0.585 bits per heavy atom. The van der Waals surface area contributed by atoms with Gasteiger partial charge in [-0.1, -0.05) is 30.3 Å². The molecule has 3 aliphatic rings. The number of halogens is 6. The van der Waals surface area contributed by atoms with E-state index in [0.29, 0.717) is 53.0 Å². The van der Waals surface area contributed by atoms with Gasteiger partial charge in [-0.2, -0.15) is 26.3 Å². The number of nitrogens with two attached hydrogens (primary N) is 1. The Morgan fingerprint density at radius 2 is 1.09 bits per heavy atom. The number of thiazole rings is 2. The summed E-state index contributed by atoms with van der Waals surface area (Å²) >= 11 is 2.22. The van der Waals surface area contributed by atoms with Gasteiger partial charge in [-0.15, -0.1) is 22.7 Å². The molecular weight excluding hydrogens is 1110 g/mol. The zero-order valence-corrected chi connectivity index (χ0v) is 46.4. The van der Waals surface area contributed by atoms with Gasteiger partial charge >= 0.3 is 12.4 Å². The van der Waals surface area contributed by atoms with Crippen LogP contribution in [0.15, 0.2) is 120 Å². The summed E-state index contributed by atoms with van der Waals surface area (Å²) in [6, 6.07) is 26.9. The highest BCUT2D eigenvalue weighted by Crippen LogP contribution is 2.36. The number of nitrogen functional groups attached to an aromatic ring is 1. The second-order valence-corrected chi connectivity index (χ2v) is 21.7. The van der Waals surface area contributed by atoms with Crippen molar-refractivity contribution in [1.82, 2.24) is 19.8 Å². The molecule has 23 heteroatoms. The van der Waals surface area contributed by atoms with Gasteiger partial charge in [0.05, 0.1) is 52.5 Å². The van der Waals surface area contributed by atoms with Gasteiger partial charge in [0.15, 0.2) is 10.3 Å². The molecule has 7 aromatic rings. The average Bonchev–Trinajstić information content (AvgIpc) is 4.19. The Morgan fingerprint density at radius 3 is 1.63 bits per heavy atom. The van der Waals surface area contributed by atoms with Crippen LogP contribution < -0.4 is 31.5 Å². The van der Waals surface area contributed by atoms with Gasteiger partial charge in [-0.3, -0.25) is 34.7 Å². The molecule has 0 aliphatic carbocycles. The number of alkyl halides is 6. The molecule has 15 nitrogen and oxygen atoms in total. The third-order valence-electron chi connectivity index (χ3n) is 14.2. The number of carbonyl (C=O) groups is 4. The van der Waals surface area contributed by atoms with Crippen LogP contribution in [0.4, 0.5) is 59.4 Å². The number of ether oxygens (including phenoxy) is 1. The van der Waals surface area contributed by atoms with E-state index in [-0.39, 0.29) is 39.1 Å². The molecule has 4 amide bonds. The number of carbonyl (C=O) groups excluding carboxylic acids is 4. The first-order valence-corrected chi connectivity index (χ1v) is 28.5. The lowest BCUT2D eigenvalue weighted by molar-refractivity contribution is -0.138. The molecule has 430 valence electrons. The average molecular weight is 1170 g/mol. The first-order valence-electron chi connectivity index (χ1n) is 26.8. The predicted molar refractivity (Wildman–Crippen MR) is 309 cm³/mol. The molecular formula is C59H60F6N10O5S2. The number of rotatable bonds is 14. The minimum atomic E-state index is -4.50. The zero-order chi connectivity index (χ0) is 58.0. The zero-order valence-electron chi connectivity index (χ0n) is 44.7. The van der Waals surface area contributed by atoms with Crippen LogP contribution in [0, 0.1) is 0 Å². The molecule has 0 spiro atoms. The fourth-order valence-corrected chi connectivity index (χ4v) is 11.1. The summed E-state index contributed by atoms with van der Waals surface area (Å²) in [5.74, 6) is -1.65. The number of morpholine rings is 1. The maximum absolute atomic E-state index is 13.8. The van der Waals surface area contributed by atoms with Crippen molar-refractivity contribution in [3.8, 4) is 22.5 Å². The fourth-order valence-electron chi connectivity index (χ4n) is 9.66. The maximum Gasteiger partial charge on any atom is 0.416 e. The number of likely N-dealkylation sites (N-methyl/N-ethyl adjacent to an activating group) is 1. The fraction of sp³-hybridized carbons (Fsp3) is 0.322. The minimum absolute atomic E-state index is 0.192. The number of nitrogens with zero attached hydrogens (tertiary/aromatic N) is 6. The van der Waals surface area contributed by atoms with E-state index in [9.17, 15) is 45.5 Å². The van der Waals surface area contributed by atoms with E-state index in [1.165, 1.54) is 30.7 Å². The summed E-state index contributed by atoms with van der Waals surface area (Å²) in [6.07, 6.45) is -2.32. The van der Waals surface area contributed by atoms with E-state index in [1.54, 1.807) is 71.2 Å². The molecule has 0 bridgehead atoms. The summed E-state index contributed by atoms with van der Waals surface area (Å²) in [5.41, 5.74) is 9.28. The molecule has 2 aromatic heterocycles. The molecule has 5 N–H and O–H groups in total. The first kappa shape index (κ1) is 58.8. The van der Waals surface area contributed by atoms with Crippen molar-refractivity contribution in [3.05, 3.63) is 153 Å². The minimum Gasteiger partial charge on any atom is -0.398 e. The van der Waals surface area contributed by atoms with Crippen molar-refractivity contribution >= 4 is 79.3 Å². The molecule has 3 fully saturated rings. The highest BCUT2D eigenvalue weighted by molar-refractivity contribution is 7.14. The van der Waals surface area contributed by atoms with Crippen LogP contribution in [0.2, 0.25) is 0 Å². The lowest BCUT2D eigenvalue weighted by Gasteiger charge is -2.29. The van der Waals surface area contributed by atoms with E-state index in [4.69, 9.17) is 10.5 Å². The van der Waals surface area contributed by atoms with E-state index in [2.05, 4.69) is 40.6 Å². The van der Waals surface area contributed by atoms with Crippen LogP contribution in [0.1, 0.15) is 91.1 Å². The van der Waals surface area contributed by atoms with Crippen LogP contribution >= 0.6 is 22.7 Å². The molecule has 0 unspecified atom stereocenters. The van der Waals surface area contributed by atoms with E-state index in [0.717, 1.165) is 136 Å². The number of amides is 4. The second-order valence-electron chi connectivity index (χ2n) is 20.0. The van der Waals surface area contributed by atoms with Crippen LogP contribution in [-0.4, -0.2) is 116 Å². The summed E-state index contributed by atoms with van der Waals surface area (Å²) in [7, 11) is 1.73. The Hall–Kier alpha value is -7.86.